The Morgan fingerprint density at radius 3 is 2.32 bits per heavy atom. The van der Waals surface area contributed by atoms with Crippen LogP contribution < -0.4 is 5.32 Å². The maximum absolute atomic E-state index is 13.6. The van der Waals surface area contributed by atoms with Gasteiger partial charge >= 0.3 is 0 Å². The smallest absolute Gasteiger partial charge is 0.131 e. The van der Waals surface area contributed by atoms with E-state index in [9.17, 15) is 8.78 Å². The summed E-state index contributed by atoms with van der Waals surface area (Å²) in [5.74, 6) is -1.11. The van der Waals surface area contributed by atoms with E-state index in [1.54, 1.807) is 13.0 Å². The fourth-order valence-electron chi connectivity index (χ4n) is 1.93. The fraction of sp³-hybridized carbons (Fsp3) is 0.200. The first-order valence-corrected chi connectivity index (χ1v) is 6.33. The molecule has 1 nitrogen and oxygen atoms in total. The Labute approximate surface area is 116 Å². The van der Waals surface area contributed by atoms with Gasteiger partial charge in [0.25, 0.3) is 0 Å². The van der Waals surface area contributed by atoms with Crippen LogP contribution in [0.4, 0.5) is 14.5 Å². The molecule has 0 aliphatic rings. The zero-order valence-corrected chi connectivity index (χ0v) is 11.4. The van der Waals surface area contributed by atoms with Gasteiger partial charge in [0.05, 0.1) is 6.04 Å². The van der Waals surface area contributed by atoms with Crippen LogP contribution in [0.3, 0.4) is 0 Å². The minimum Gasteiger partial charge on any atom is -0.378 e. The molecule has 0 heterocycles. The van der Waals surface area contributed by atoms with Crippen LogP contribution in [0.1, 0.15) is 24.1 Å². The molecule has 2 aromatic rings. The average molecular weight is 282 g/mol. The van der Waals surface area contributed by atoms with E-state index >= 15 is 0 Å². The first-order valence-electron chi connectivity index (χ1n) is 5.95. The summed E-state index contributed by atoms with van der Waals surface area (Å²) in [6.07, 6.45) is 0. The van der Waals surface area contributed by atoms with E-state index in [4.69, 9.17) is 11.6 Å². The fourth-order valence-corrected chi connectivity index (χ4v) is 2.11. The summed E-state index contributed by atoms with van der Waals surface area (Å²) in [6.45, 7) is 3.60. The van der Waals surface area contributed by atoms with Crippen LogP contribution in [0, 0.1) is 18.6 Å². The van der Waals surface area contributed by atoms with Crippen molar-refractivity contribution in [2.24, 2.45) is 0 Å². The lowest BCUT2D eigenvalue weighted by Crippen LogP contribution is -2.10. The molecule has 0 aromatic heterocycles. The lowest BCUT2D eigenvalue weighted by atomic mass is 10.1. The van der Waals surface area contributed by atoms with Crippen molar-refractivity contribution in [3.05, 3.63) is 64.2 Å². The first kappa shape index (κ1) is 13.8. The van der Waals surface area contributed by atoms with Gasteiger partial charge in [-0.05, 0) is 43.7 Å². The Hall–Kier alpha value is -1.61. The highest BCUT2D eigenvalue weighted by molar-refractivity contribution is 6.31. The Morgan fingerprint density at radius 2 is 1.74 bits per heavy atom. The molecule has 19 heavy (non-hydrogen) atoms. The molecule has 1 unspecified atom stereocenters. The van der Waals surface area contributed by atoms with Gasteiger partial charge in [0.2, 0.25) is 0 Å². The summed E-state index contributed by atoms with van der Waals surface area (Å²) in [6, 6.07) is 8.79. The highest BCUT2D eigenvalue weighted by Gasteiger charge is 2.15. The SMILES string of the molecule is Cc1ccc(NC(C)c2c(F)cccc2F)cc1Cl. The van der Waals surface area contributed by atoms with Crippen LogP contribution in [-0.2, 0) is 0 Å². The first-order chi connectivity index (χ1) is 8.99. The molecule has 0 saturated carbocycles. The lowest BCUT2D eigenvalue weighted by molar-refractivity contribution is 0.544. The standard InChI is InChI=1S/C15H14ClF2N/c1-9-6-7-11(8-12(9)16)19-10(2)15-13(17)4-3-5-14(15)18/h3-8,10,19H,1-2H3. The van der Waals surface area contributed by atoms with Crippen molar-refractivity contribution >= 4 is 17.3 Å². The third-order valence-corrected chi connectivity index (χ3v) is 3.39. The molecule has 2 aromatic carbocycles. The van der Waals surface area contributed by atoms with Gasteiger partial charge in [-0.15, -0.1) is 0 Å². The Balaban J connectivity index is 2.25. The largest absolute Gasteiger partial charge is 0.378 e. The second kappa shape index (κ2) is 5.57. The topological polar surface area (TPSA) is 12.0 Å². The van der Waals surface area contributed by atoms with Crippen molar-refractivity contribution in [1.29, 1.82) is 0 Å². The molecule has 4 heteroatoms. The maximum atomic E-state index is 13.6. The van der Waals surface area contributed by atoms with Crippen LogP contribution in [0.2, 0.25) is 5.02 Å². The van der Waals surface area contributed by atoms with E-state index in [2.05, 4.69) is 5.32 Å². The van der Waals surface area contributed by atoms with Crippen molar-refractivity contribution < 1.29 is 8.78 Å². The van der Waals surface area contributed by atoms with Gasteiger partial charge in [0.15, 0.2) is 0 Å². The van der Waals surface area contributed by atoms with E-state index in [1.165, 1.54) is 18.2 Å². The third kappa shape index (κ3) is 3.04. The predicted molar refractivity (Wildman–Crippen MR) is 74.6 cm³/mol. The number of aryl methyl sites for hydroxylation is 1. The predicted octanol–water partition coefficient (Wildman–Crippen LogP) is 5.10. The summed E-state index contributed by atoms with van der Waals surface area (Å²) in [5, 5.41) is 3.66. The Bertz CT molecular complexity index is 578. The number of hydrogen-bond donors (Lipinski definition) is 1. The van der Waals surface area contributed by atoms with E-state index in [0.717, 1.165) is 11.3 Å². The van der Waals surface area contributed by atoms with Crippen LogP contribution >= 0.6 is 11.6 Å². The van der Waals surface area contributed by atoms with Crippen molar-refractivity contribution in [3.63, 3.8) is 0 Å². The maximum Gasteiger partial charge on any atom is 0.131 e. The molecule has 100 valence electrons. The van der Waals surface area contributed by atoms with Crippen LogP contribution in [0.25, 0.3) is 0 Å². The summed E-state index contributed by atoms with van der Waals surface area (Å²) in [7, 11) is 0. The number of nitrogens with one attached hydrogen (secondary N) is 1. The Kier molecular flexibility index (Phi) is 4.05. The molecule has 0 fully saturated rings. The highest BCUT2D eigenvalue weighted by Crippen LogP contribution is 2.26. The molecule has 2 rings (SSSR count). The quantitative estimate of drug-likeness (QED) is 0.825. The molecule has 0 bridgehead atoms. The van der Waals surface area contributed by atoms with E-state index in [-0.39, 0.29) is 5.56 Å². The monoisotopic (exact) mass is 281 g/mol. The van der Waals surface area contributed by atoms with E-state index in [0.29, 0.717) is 5.02 Å². The molecule has 0 saturated heterocycles. The van der Waals surface area contributed by atoms with Crippen molar-refractivity contribution in [2.75, 3.05) is 5.32 Å². The number of halogens is 3. The number of anilines is 1. The summed E-state index contributed by atoms with van der Waals surface area (Å²) in [5.41, 5.74) is 1.71. The van der Waals surface area contributed by atoms with Crippen molar-refractivity contribution in [2.45, 2.75) is 19.9 Å². The average Bonchev–Trinajstić information content (AvgIpc) is 2.33. The second-order valence-electron chi connectivity index (χ2n) is 4.47. The van der Waals surface area contributed by atoms with Gasteiger partial charge < -0.3 is 5.32 Å². The number of rotatable bonds is 3. The second-order valence-corrected chi connectivity index (χ2v) is 4.87. The molecule has 0 amide bonds. The van der Waals surface area contributed by atoms with Gasteiger partial charge in [-0.25, -0.2) is 8.78 Å². The summed E-state index contributed by atoms with van der Waals surface area (Å²) >= 11 is 6.02. The van der Waals surface area contributed by atoms with Crippen molar-refractivity contribution in [1.82, 2.24) is 0 Å². The third-order valence-electron chi connectivity index (χ3n) is 2.99. The minimum atomic E-state index is -0.557. The molecule has 0 aliphatic heterocycles. The molecule has 0 spiro atoms. The van der Waals surface area contributed by atoms with Gasteiger partial charge in [-0.3, -0.25) is 0 Å². The number of benzene rings is 2. The van der Waals surface area contributed by atoms with E-state index < -0.39 is 17.7 Å². The van der Waals surface area contributed by atoms with Gasteiger partial charge in [0.1, 0.15) is 11.6 Å². The van der Waals surface area contributed by atoms with Gasteiger partial charge in [0, 0.05) is 16.3 Å². The van der Waals surface area contributed by atoms with Gasteiger partial charge in [-0.1, -0.05) is 23.7 Å². The normalized spacial score (nSPS) is 12.3. The Morgan fingerprint density at radius 1 is 1.11 bits per heavy atom. The van der Waals surface area contributed by atoms with E-state index in [1.807, 2.05) is 19.1 Å². The van der Waals surface area contributed by atoms with Crippen LogP contribution in [0.5, 0.6) is 0 Å². The molecule has 1 atom stereocenters. The number of hydrogen-bond acceptors (Lipinski definition) is 1. The molecule has 1 N–H and O–H groups in total. The molecular formula is C15H14ClF2N. The van der Waals surface area contributed by atoms with Gasteiger partial charge in [-0.2, -0.15) is 0 Å². The minimum absolute atomic E-state index is 0.0270. The highest BCUT2D eigenvalue weighted by atomic mass is 35.5. The summed E-state index contributed by atoms with van der Waals surface area (Å²) in [4.78, 5) is 0. The zero-order chi connectivity index (χ0) is 14.0. The molecular weight excluding hydrogens is 268 g/mol. The molecule has 0 radical (unpaired) electrons. The summed E-state index contributed by atoms with van der Waals surface area (Å²) < 4.78 is 27.3. The lowest BCUT2D eigenvalue weighted by Gasteiger charge is -2.17. The zero-order valence-electron chi connectivity index (χ0n) is 10.7. The van der Waals surface area contributed by atoms with Crippen molar-refractivity contribution in [3.8, 4) is 0 Å². The van der Waals surface area contributed by atoms with Crippen LogP contribution in [-0.4, -0.2) is 0 Å². The molecule has 0 aliphatic carbocycles. The van der Waals surface area contributed by atoms with Crippen LogP contribution in [0.15, 0.2) is 36.4 Å².